The highest BCUT2D eigenvalue weighted by Gasteiger charge is 2.21. The van der Waals surface area contributed by atoms with Crippen LogP contribution in [0.3, 0.4) is 0 Å². The van der Waals surface area contributed by atoms with Crippen LogP contribution in [-0.2, 0) is 6.54 Å². The van der Waals surface area contributed by atoms with Gasteiger partial charge in [0.25, 0.3) is 0 Å². The zero-order chi connectivity index (χ0) is 16.7. The summed E-state index contributed by atoms with van der Waals surface area (Å²) >= 11 is 0. The first-order valence-electron chi connectivity index (χ1n) is 9.07. The third kappa shape index (κ3) is 6.61. The van der Waals surface area contributed by atoms with E-state index in [1.165, 1.54) is 25.7 Å². The van der Waals surface area contributed by atoms with Crippen molar-refractivity contribution >= 4 is 29.9 Å². The molecule has 0 aromatic carbocycles. The summed E-state index contributed by atoms with van der Waals surface area (Å²) in [5.41, 5.74) is 0.990. The summed E-state index contributed by atoms with van der Waals surface area (Å²) < 4.78 is 5.35. The number of nitrogens with zero attached hydrogens (tertiary/aromatic N) is 2. The van der Waals surface area contributed by atoms with Crippen LogP contribution < -0.4 is 10.6 Å². The maximum Gasteiger partial charge on any atom is 0.191 e. The lowest BCUT2D eigenvalue weighted by Gasteiger charge is -2.29. The second kappa shape index (κ2) is 10.9. The molecule has 1 heterocycles. The van der Waals surface area contributed by atoms with E-state index in [1.54, 1.807) is 0 Å². The average molecular weight is 448 g/mol. The largest absolute Gasteiger partial charge is 0.359 e. The Hall–Kier alpha value is -0.790. The first kappa shape index (κ1) is 21.3. The Labute approximate surface area is 163 Å². The van der Waals surface area contributed by atoms with Crippen LogP contribution in [0.5, 0.6) is 0 Å². The van der Waals surface area contributed by atoms with Crippen LogP contribution >= 0.6 is 24.0 Å². The first-order valence-corrected chi connectivity index (χ1v) is 9.07. The van der Waals surface area contributed by atoms with Gasteiger partial charge in [-0.1, -0.05) is 45.2 Å². The van der Waals surface area contributed by atoms with Gasteiger partial charge >= 0.3 is 0 Å². The number of guanidine groups is 1. The molecule has 1 aromatic heterocycles. The van der Waals surface area contributed by atoms with Crippen LogP contribution in [0.25, 0.3) is 0 Å². The van der Waals surface area contributed by atoms with Crippen molar-refractivity contribution in [3.05, 3.63) is 17.5 Å². The van der Waals surface area contributed by atoms with Gasteiger partial charge in [0.15, 0.2) is 11.7 Å². The SMILES string of the molecule is CCNC(=NCc1cc(C(C)C)no1)NCC1CCCCC1C.I. The quantitative estimate of drug-likeness (QED) is 0.387. The zero-order valence-electron chi connectivity index (χ0n) is 15.5. The van der Waals surface area contributed by atoms with Crippen molar-refractivity contribution in [2.45, 2.75) is 65.8 Å². The highest BCUT2D eigenvalue weighted by Crippen LogP contribution is 2.28. The molecule has 0 saturated heterocycles. The van der Waals surface area contributed by atoms with Gasteiger partial charge in [-0.25, -0.2) is 4.99 Å². The van der Waals surface area contributed by atoms with Gasteiger partial charge in [0, 0.05) is 19.2 Å². The topological polar surface area (TPSA) is 62.5 Å². The van der Waals surface area contributed by atoms with Crippen LogP contribution in [0, 0.1) is 11.8 Å². The van der Waals surface area contributed by atoms with E-state index in [0.717, 1.165) is 42.3 Å². The maximum absolute atomic E-state index is 5.35. The predicted molar refractivity (Wildman–Crippen MR) is 110 cm³/mol. The molecule has 1 saturated carbocycles. The molecular weight excluding hydrogens is 415 g/mol. The highest BCUT2D eigenvalue weighted by molar-refractivity contribution is 14.0. The van der Waals surface area contributed by atoms with E-state index in [-0.39, 0.29) is 24.0 Å². The molecule has 1 aliphatic rings. The fraction of sp³-hybridized carbons (Fsp3) is 0.778. The number of hydrogen-bond acceptors (Lipinski definition) is 3. The number of aromatic nitrogens is 1. The summed E-state index contributed by atoms with van der Waals surface area (Å²) in [6.07, 6.45) is 5.43. The van der Waals surface area contributed by atoms with Crippen LogP contribution in [0.2, 0.25) is 0 Å². The Bertz CT molecular complexity index is 501. The summed E-state index contributed by atoms with van der Waals surface area (Å²) in [6.45, 7) is 11.1. The van der Waals surface area contributed by atoms with Crippen molar-refractivity contribution in [3.63, 3.8) is 0 Å². The van der Waals surface area contributed by atoms with E-state index in [9.17, 15) is 0 Å². The van der Waals surface area contributed by atoms with E-state index >= 15 is 0 Å². The zero-order valence-corrected chi connectivity index (χ0v) is 17.8. The smallest absolute Gasteiger partial charge is 0.191 e. The number of rotatable bonds is 6. The second-order valence-electron chi connectivity index (χ2n) is 6.97. The lowest BCUT2D eigenvalue weighted by atomic mass is 9.80. The minimum Gasteiger partial charge on any atom is -0.359 e. The molecule has 138 valence electrons. The summed E-state index contributed by atoms with van der Waals surface area (Å²) in [4.78, 5) is 4.63. The van der Waals surface area contributed by atoms with E-state index in [2.05, 4.69) is 48.5 Å². The molecule has 0 aliphatic heterocycles. The van der Waals surface area contributed by atoms with Crippen molar-refractivity contribution < 1.29 is 4.52 Å². The predicted octanol–water partition coefficient (Wildman–Crippen LogP) is 4.30. The van der Waals surface area contributed by atoms with Gasteiger partial charge in [-0.15, -0.1) is 24.0 Å². The van der Waals surface area contributed by atoms with Crippen molar-refractivity contribution in [3.8, 4) is 0 Å². The van der Waals surface area contributed by atoms with Crippen LogP contribution in [0.15, 0.2) is 15.6 Å². The van der Waals surface area contributed by atoms with E-state index < -0.39 is 0 Å². The molecule has 6 heteroatoms. The minimum atomic E-state index is 0. The molecule has 2 N–H and O–H groups in total. The summed E-state index contributed by atoms with van der Waals surface area (Å²) in [5, 5.41) is 10.9. The molecule has 5 nitrogen and oxygen atoms in total. The average Bonchev–Trinajstić information content (AvgIpc) is 3.00. The molecule has 0 radical (unpaired) electrons. The van der Waals surface area contributed by atoms with E-state index in [0.29, 0.717) is 12.5 Å². The van der Waals surface area contributed by atoms with Crippen molar-refractivity contribution in [2.75, 3.05) is 13.1 Å². The monoisotopic (exact) mass is 448 g/mol. The molecule has 1 fully saturated rings. The van der Waals surface area contributed by atoms with Gasteiger partial charge in [0.2, 0.25) is 0 Å². The van der Waals surface area contributed by atoms with Crippen LogP contribution in [0.1, 0.15) is 70.8 Å². The maximum atomic E-state index is 5.35. The van der Waals surface area contributed by atoms with Crippen LogP contribution in [-0.4, -0.2) is 24.2 Å². The van der Waals surface area contributed by atoms with Crippen molar-refractivity contribution in [1.29, 1.82) is 0 Å². The fourth-order valence-corrected chi connectivity index (χ4v) is 3.10. The van der Waals surface area contributed by atoms with Crippen molar-refractivity contribution in [2.24, 2.45) is 16.8 Å². The molecule has 2 atom stereocenters. The summed E-state index contributed by atoms with van der Waals surface area (Å²) in [5.74, 6) is 3.63. The Balaban J connectivity index is 0.00000288. The number of aliphatic imine (C=N–C) groups is 1. The lowest BCUT2D eigenvalue weighted by molar-refractivity contribution is 0.256. The molecule has 2 rings (SSSR count). The van der Waals surface area contributed by atoms with Gasteiger partial charge in [0.1, 0.15) is 6.54 Å². The minimum absolute atomic E-state index is 0. The normalized spacial score (nSPS) is 21.5. The number of halogens is 1. The molecule has 0 bridgehead atoms. The van der Waals surface area contributed by atoms with Gasteiger partial charge in [-0.05, 0) is 31.1 Å². The Kier molecular flexibility index (Phi) is 9.69. The number of hydrogen-bond donors (Lipinski definition) is 2. The van der Waals surface area contributed by atoms with Crippen molar-refractivity contribution in [1.82, 2.24) is 15.8 Å². The second-order valence-corrected chi connectivity index (χ2v) is 6.97. The summed E-state index contributed by atoms with van der Waals surface area (Å²) in [6, 6.07) is 2.00. The highest BCUT2D eigenvalue weighted by atomic mass is 127. The molecule has 1 aromatic rings. The molecule has 24 heavy (non-hydrogen) atoms. The molecule has 0 amide bonds. The Morgan fingerprint density at radius 1 is 1.33 bits per heavy atom. The van der Waals surface area contributed by atoms with Gasteiger partial charge in [0.05, 0.1) is 5.69 Å². The molecule has 2 unspecified atom stereocenters. The van der Waals surface area contributed by atoms with Crippen LogP contribution in [0.4, 0.5) is 0 Å². The van der Waals surface area contributed by atoms with Gasteiger partial charge in [-0.3, -0.25) is 0 Å². The van der Waals surface area contributed by atoms with Gasteiger partial charge < -0.3 is 15.2 Å². The summed E-state index contributed by atoms with van der Waals surface area (Å²) in [7, 11) is 0. The number of nitrogens with one attached hydrogen (secondary N) is 2. The third-order valence-corrected chi connectivity index (χ3v) is 4.73. The molecule has 0 spiro atoms. The molecule has 1 aliphatic carbocycles. The Morgan fingerprint density at radius 3 is 2.71 bits per heavy atom. The first-order chi connectivity index (χ1) is 11.1. The third-order valence-electron chi connectivity index (χ3n) is 4.73. The van der Waals surface area contributed by atoms with E-state index in [4.69, 9.17) is 4.52 Å². The fourth-order valence-electron chi connectivity index (χ4n) is 3.10. The van der Waals surface area contributed by atoms with E-state index in [1.807, 2.05) is 6.07 Å². The van der Waals surface area contributed by atoms with Gasteiger partial charge in [-0.2, -0.15) is 0 Å². The Morgan fingerprint density at radius 2 is 2.08 bits per heavy atom. The molecular formula is C18H33IN4O. The lowest BCUT2D eigenvalue weighted by Crippen LogP contribution is -2.41. The standard InChI is InChI=1S/C18H32N4O.HI/c1-5-19-18(20-11-15-9-7-6-8-14(15)4)21-12-16-10-17(13(2)3)22-23-16;/h10,13-15H,5-9,11-12H2,1-4H3,(H2,19,20,21);1H.